The number of hydrogen-bond donors (Lipinski definition) is 3. The van der Waals surface area contributed by atoms with E-state index in [1.165, 1.54) is 7.05 Å². The molecule has 0 aromatic heterocycles. The van der Waals surface area contributed by atoms with Crippen LogP contribution in [0.3, 0.4) is 0 Å². The van der Waals surface area contributed by atoms with Crippen molar-refractivity contribution in [1.29, 1.82) is 0 Å². The van der Waals surface area contributed by atoms with Crippen LogP contribution in [0.2, 0.25) is 5.02 Å². The second kappa shape index (κ2) is 12.7. The van der Waals surface area contributed by atoms with Gasteiger partial charge in [0.05, 0.1) is 29.3 Å². The Morgan fingerprint density at radius 2 is 1.82 bits per heavy atom. The van der Waals surface area contributed by atoms with Crippen molar-refractivity contribution >= 4 is 35.0 Å². The highest BCUT2D eigenvalue weighted by atomic mass is 35.5. The Labute approximate surface area is 256 Å². The van der Waals surface area contributed by atoms with Crippen LogP contribution in [0.1, 0.15) is 35.6 Å². The number of hydrogen-bond acceptors (Lipinski definition) is 6. The average Bonchev–Trinajstić information content (AvgIpc) is 3.66. The van der Waals surface area contributed by atoms with Crippen molar-refractivity contribution in [1.82, 2.24) is 4.90 Å². The van der Waals surface area contributed by atoms with Crippen LogP contribution < -0.4 is 20.5 Å². The van der Waals surface area contributed by atoms with Gasteiger partial charge in [-0.15, -0.1) is 0 Å². The van der Waals surface area contributed by atoms with Gasteiger partial charge in [0.1, 0.15) is 6.10 Å². The number of ether oxygens (including phenoxy) is 2. The van der Waals surface area contributed by atoms with Gasteiger partial charge in [-0.3, -0.25) is 19.5 Å². The Morgan fingerprint density at radius 1 is 1.09 bits per heavy atom. The fourth-order valence-electron chi connectivity index (χ4n) is 5.78. The number of fused-ring (bicyclic) bond motifs is 1. The molecule has 2 atom stereocenters. The molecular formula is C31H30ClF3N4O5. The van der Waals surface area contributed by atoms with E-state index in [1.54, 1.807) is 35.2 Å². The Hall–Kier alpha value is -4.29. The lowest BCUT2D eigenvalue weighted by atomic mass is 9.96. The van der Waals surface area contributed by atoms with Crippen molar-refractivity contribution in [2.24, 2.45) is 16.6 Å². The molecule has 232 valence electrons. The number of rotatable bonds is 8. The number of amides is 1. The summed E-state index contributed by atoms with van der Waals surface area (Å²) in [5.74, 6) is -7.81. The summed E-state index contributed by atoms with van der Waals surface area (Å²) >= 11 is 6.68. The SMILES string of the molecule is CN=C(N)C(=O)Nc1cccc(-c2cccc3c2CCC3Oc2c(F)c(F)c(CN3CCC(C(=O)O)C3)c(OC)c2F)c1Cl. The number of nitrogens with one attached hydrogen (secondary N) is 1. The number of nitrogens with zero attached hydrogens (tertiary/aromatic N) is 2. The monoisotopic (exact) mass is 630 g/mol. The molecule has 9 nitrogen and oxygen atoms in total. The first kappa shape index (κ1) is 31.1. The molecule has 2 unspecified atom stereocenters. The van der Waals surface area contributed by atoms with Gasteiger partial charge >= 0.3 is 5.97 Å². The van der Waals surface area contributed by atoms with Crippen LogP contribution in [0.15, 0.2) is 41.4 Å². The number of amidine groups is 1. The molecule has 1 fully saturated rings. The first-order valence-corrected chi connectivity index (χ1v) is 14.2. The highest BCUT2D eigenvalue weighted by molar-refractivity contribution is 6.43. The standard InChI is InChI=1S/C31H30ClF3N4O5/c1-37-29(36)30(40)38-21-8-4-7-19(23(21)32)16-5-3-6-18-17(16)9-10-22(18)44-28-25(34)24(33)20(27(43-2)26(28)35)14-39-12-11-15(13-39)31(41)42/h3-8,15,22H,9-14H2,1-2H3,(H2,36,37)(H,38,40)(H,41,42). The second-order valence-corrected chi connectivity index (χ2v) is 11.0. The predicted molar refractivity (Wildman–Crippen MR) is 159 cm³/mol. The Morgan fingerprint density at radius 3 is 2.50 bits per heavy atom. The van der Waals surface area contributed by atoms with E-state index < -0.39 is 52.8 Å². The smallest absolute Gasteiger partial charge is 0.307 e. The molecule has 3 aromatic carbocycles. The lowest BCUT2D eigenvalue weighted by molar-refractivity contribution is -0.141. The van der Waals surface area contributed by atoms with Gasteiger partial charge in [0.2, 0.25) is 11.6 Å². The zero-order chi connectivity index (χ0) is 31.7. The molecular weight excluding hydrogens is 601 g/mol. The summed E-state index contributed by atoms with van der Waals surface area (Å²) in [6.07, 6.45) is 0.361. The van der Waals surface area contributed by atoms with Crippen LogP contribution in [0.25, 0.3) is 11.1 Å². The van der Waals surface area contributed by atoms with E-state index in [0.29, 0.717) is 42.6 Å². The van der Waals surface area contributed by atoms with Gasteiger partial charge in [-0.2, -0.15) is 8.78 Å². The van der Waals surface area contributed by atoms with Crippen LogP contribution >= 0.6 is 11.6 Å². The van der Waals surface area contributed by atoms with E-state index in [-0.39, 0.29) is 29.5 Å². The van der Waals surface area contributed by atoms with Gasteiger partial charge in [-0.1, -0.05) is 41.9 Å². The first-order valence-electron chi connectivity index (χ1n) is 13.8. The van der Waals surface area contributed by atoms with E-state index in [4.69, 9.17) is 26.8 Å². The van der Waals surface area contributed by atoms with Crippen molar-refractivity contribution in [2.45, 2.75) is 31.9 Å². The zero-order valence-corrected chi connectivity index (χ0v) is 24.7. The number of halogens is 4. The minimum absolute atomic E-state index is 0.126. The van der Waals surface area contributed by atoms with Crippen molar-refractivity contribution in [3.63, 3.8) is 0 Å². The van der Waals surface area contributed by atoms with Gasteiger partial charge in [-0.25, -0.2) is 4.39 Å². The Kier molecular flexibility index (Phi) is 9.02. The first-order chi connectivity index (χ1) is 21.0. The van der Waals surface area contributed by atoms with Crippen LogP contribution in [-0.4, -0.2) is 55.0 Å². The molecule has 0 bridgehead atoms. The number of carboxylic acid groups (broad SMARTS) is 1. The van der Waals surface area contributed by atoms with E-state index >= 15 is 13.2 Å². The quantitative estimate of drug-likeness (QED) is 0.174. The number of nitrogens with two attached hydrogens (primary N) is 1. The van der Waals surface area contributed by atoms with Gasteiger partial charge in [-0.05, 0) is 48.6 Å². The summed E-state index contributed by atoms with van der Waals surface area (Å²) < 4.78 is 57.4. The third-order valence-corrected chi connectivity index (χ3v) is 8.43. The normalized spacial score (nSPS) is 18.3. The number of anilines is 1. The number of aliphatic imine (C=N–C) groups is 1. The lowest BCUT2D eigenvalue weighted by Gasteiger charge is -2.22. The van der Waals surface area contributed by atoms with E-state index in [0.717, 1.165) is 18.2 Å². The molecule has 4 N–H and O–H groups in total. The summed E-state index contributed by atoms with van der Waals surface area (Å²) in [6, 6.07) is 10.4. The number of carbonyl (C=O) groups excluding carboxylic acids is 1. The molecule has 3 aromatic rings. The second-order valence-electron chi connectivity index (χ2n) is 10.6. The number of methoxy groups -OCH3 is 1. The minimum atomic E-state index is -1.49. The van der Waals surface area contributed by atoms with Crippen molar-refractivity contribution in [3.8, 4) is 22.6 Å². The summed E-state index contributed by atoms with van der Waals surface area (Å²) in [6.45, 7) is 0.240. The van der Waals surface area contributed by atoms with Crippen molar-refractivity contribution in [3.05, 3.63) is 75.6 Å². The molecule has 0 spiro atoms. The Bertz CT molecular complexity index is 1670. The average molecular weight is 631 g/mol. The van der Waals surface area contributed by atoms with E-state index in [1.807, 2.05) is 6.07 Å². The molecule has 5 rings (SSSR count). The van der Waals surface area contributed by atoms with Crippen molar-refractivity contribution in [2.75, 3.05) is 32.6 Å². The topological polar surface area (TPSA) is 126 Å². The highest BCUT2D eigenvalue weighted by Crippen LogP contribution is 2.45. The van der Waals surface area contributed by atoms with E-state index in [2.05, 4.69) is 10.3 Å². The largest absolute Gasteiger partial charge is 0.493 e. The number of carboxylic acids is 1. The molecule has 0 radical (unpaired) electrons. The number of likely N-dealkylation sites (tertiary alicyclic amines) is 1. The summed E-state index contributed by atoms with van der Waals surface area (Å²) in [4.78, 5) is 28.8. The number of benzene rings is 3. The molecule has 13 heteroatoms. The maximum absolute atomic E-state index is 15.7. The fourth-order valence-corrected chi connectivity index (χ4v) is 6.06. The van der Waals surface area contributed by atoms with Gasteiger partial charge < -0.3 is 25.6 Å². The third-order valence-electron chi connectivity index (χ3n) is 8.02. The minimum Gasteiger partial charge on any atom is -0.493 e. The van der Waals surface area contributed by atoms with Crippen LogP contribution in [0, 0.1) is 23.4 Å². The van der Waals surface area contributed by atoms with Gasteiger partial charge in [0.15, 0.2) is 23.2 Å². The summed E-state index contributed by atoms with van der Waals surface area (Å²) in [5.41, 5.74) is 8.39. The van der Waals surface area contributed by atoms with Crippen LogP contribution in [-0.2, 0) is 22.6 Å². The van der Waals surface area contributed by atoms with E-state index in [9.17, 15) is 14.7 Å². The molecule has 1 aliphatic heterocycles. The van der Waals surface area contributed by atoms with Crippen LogP contribution in [0.4, 0.5) is 18.9 Å². The zero-order valence-electron chi connectivity index (χ0n) is 23.9. The number of aliphatic carboxylic acids is 1. The molecule has 2 aliphatic rings. The molecule has 1 heterocycles. The molecule has 0 saturated carbocycles. The fraction of sp³-hybridized carbons (Fsp3) is 0.323. The van der Waals surface area contributed by atoms with Gasteiger partial charge in [0, 0.05) is 25.7 Å². The maximum atomic E-state index is 15.7. The van der Waals surface area contributed by atoms with Crippen molar-refractivity contribution < 1.29 is 37.3 Å². The highest BCUT2D eigenvalue weighted by Gasteiger charge is 2.35. The lowest BCUT2D eigenvalue weighted by Crippen LogP contribution is -2.30. The third kappa shape index (κ3) is 5.79. The maximum Gasteiger partial charge on any atom is 0.307 e. The predicted octanol–water partition coefficient (Wildman–Crippen LogP) is 5.33. The van der Waals surface area contributed by atoms with Gasteiger partial charge in [0.25, 0.3) is 5.91 Å². The molecule has 1 saturated heterocycles. The summed E-state index contributed by atoms with van der Waals surface area (Å²) in [5, 5.41) is 12.1. The molecule has 1 amide bonds. The molecule has 44 heavy (non-hydrogen) atoms. The Balaban J connectivity index is 1.43. The molecule has 1 aliphatic carbocycles. The summed E-state index contributed by atoms with van der Waals surface area (Å²) in [7, 11) is 2.54. The van der Waals surface area contributed by atoms with Crippen LogP contribution in [0.5, 0.6) is 11.5 Å². The number of carbonyl (C=O) groups is 2.